The van der Waals surface area contributed by atoms with E-state index in [2.05, 4.69) is 0 Å². The van der Waals surface area contributed by atoms with Gasteiger partial charge in [0.05, 0.1) is 5.92 Å². The molecule has 1 heterocycles. The lowest BCUT2D eigenvalue weighted by molar-refractivity contribution is -0.131. The highest BCUT2D eigenvalue weighted by molar-refractivity contribution is 5.95. The standard InChI is InChI=1S/C26H26N2O5/c29-21-16-20(17-22(30)24(21)31)25(32)27-12-7-13-28(15-14-27)26(33)23(18-8-3-1-4-9-18)19-10-5-2-6-11-19/h1-6,8-11,16-17,23,29-31H,7,12-15H2. The molecule has 170 valence electrons. The lowest BCUT2D eigenvalue weighted by atomic mass is 9.90. The molecule has 7 nitrogen and oxygen atoms in total. The topological polar surface area (TPSA) is 101 Å². The Bertz CT molecular complexity index is 1070. The van der Waals surface area contributed by atoms with E-state index in [1.54, 1.807) is 9.80 Å². The van der Waals surface area contributed by atoms with E-state index in [4.69, 9.17) is 0 Å². The number of hydrogen-bond acceptors (Lipinski definition) is 5. The zero-order valence-electron chi connectivity index (χ0n) is 18.1. The predicted octanol–water partition coefficient (Wildman–Crippen LogP) is 3.31. The van der Waals surface area contributed by atoms with Crippen molar-refractivity contribution in [3.05, 3.63) is 89.5 Å². The molecule has 3 N–H and O–H groups in total. The summed E-state index contributed by atoms with van der Waals surface area (Å²) in [6.07, 6.45) is 0.601. The number of rotatable bonds is 4. The van der Waals surface area contributed by atoms with E-state index in [0.717, 1.165) is 23.3 Å². The van der Waals surface area contributed by atoms with Gasteiger partial charge in [0, 0.05) is 31.7 Å². The highest BCUT2D eigenvalue weighted by Crippen LogP contribution is 2.36. The molecular weight excluding hydrogens is 420 g/mol. The van der Waals surface area contributed by atoms with Crippen molar-refractivity contribution in [1.82, 2.24) is 9.80 Å². The summed E-state index contributed by atoms with van der Waals surface area (Å²) in [5, 5.41) is 29.0. The van der Waals surface area contributed by atoms with Crippen LogP contribution in [0.2, 0.25) is 0 Å². The molecule has 4 rings (SSSR count). The van der Waals surface area contributed by atoms with Gasteiger partial charge in [-0.1, -0.05) is 60.7 Å². The number of benzene rings is 3. The van der Waals surface area contributed by atoms with Gasteiger partial charge in [0.2, 0.25) is 5.91 Å². The lowest BCUT2D eigenvalue weighted by Gasteiger charge is -2.27. The molecule has 1 aliphatic heterocycles. The summed E-state index contributed by atoms with van der Waals surface area (Å²) in [5.41, 5.74) is 1.91. The Morgan fingerprint density at radius 2 is 1.18 bits per heavy atom. The average Bonchev–Trinajstić information content (AvgIpc) is 3.10. The second kappa shape index (κ2) is 9.65. The molecule has 0 aromatic heterocycles. The number of carbonyl (C=O) groups is 2. The van der Waals surface area contributed by atoms with Gasteiger partial charge in [-0.2, -0.15) is 0 Å². The van der Waals surface area contributed by atoms with E-state index >= 15 is 0 Å². The van der Waals surface area contributed by atoms with Crippen LogP contribution in [0.15, 0.2) is 72.8 Å². The molecular formula is C26H26N2O5. The monoisotopic (exact) mass is 446 g/mol. The van der Waals surface area contributed by atoms with Gasteiger partial charge in [-0.15, -0.1) is 0 Å². The first-order valence-corrected chi connectivity index (χ1v) is 10.9. The number of phenolic OH excluding ortho intramolecular Hbond substituents is 3. The fraction of sp³-hybridized carbons (Fsp3) is 0.231. The first-order chi connectivity index (χ1) is 16.0. The van der Waals surface area contributed by atoms with E-state index in [9.17, 15) is 24.9 Å². The SMILES string of the molecule is O=C(c1cc(O)c(O)c(O)c1)N1CCCN(C(=O)C(c2ccccc2)c2ccccc2)CC1. The molecule has 3 aromatic rings. The van der Waals surface area contributed by atoms with Crippen molar-refractivity contribution in [3.8, 4) is 17.2 Å². The Balaban J connectivity index is 1.53. The third kappa shape index (κ3) is 4.77. The van der Waals surface area contributed by atoms with Crippen LogP contribution in [0, 0.1) is 0 Å². The maximum atomic E-state index is 13.7. The van der Waals surface area contributed by atoms with Crippen molar-refractivity contribution in [1.29, 1.82) is 0 Å². The fourth-order valence-corrected chi connectivity index (χ4v) is 4.20. The highest BCUT2D eigenvalue weighted by Gasteiger charge is 2.30. The second-order valence-corrected chi connectivity index (χ2v) is 8.09. The van der Waals surface area contributed by atoms with Gasteiger partial charge < -0.3 is 25.1 Å². The quantitative estimate of drug-likeness (QED) is 0.534. The number of carbonyl (C=O) groups excluding carboxylic acids is 2. The summed E-state index contributed by atoms with van der Waals surface area (Å²) in [7, 11) is 0. The molecule has 3 aromatic carbocycles. The van der Waals surface area contributed by atoms with Gasteiger partial charge in [0.1, 0.15) is 0 Å². The van der Waals surface area contributed by atoms with E-state index in [-0.39, 0.29) is 17.4 Å². The molecule has 0 saturated carbocycles. The van der Waals surface area contributed by atoms with Crippen LogP contribution >= 0.6 is 0 Å². The van der Waals surface area contributed by atoms with E-state index < -0.39 is 23.2 Å². The molecule has 0 radical (unpaired) electrons. The van der Waals surface area contributed by atoms with Gasteiger partial charge in [-0.05, 0) is 29.7 Å². The molecule has 1 aliphatic rings. The largest absolute Gasteiger partial charge is 0.504 e. The van der Waals surface area contributed by atoms with Crippen LogP contribution in [-0.4, -0.2) is 63.1 Å². The average molecular weight is 447 g/mol. The predicted molar refractivity (Wildman–Crippen MR) is 123 cm³/mol. The molecule has 33 heavy (non-hydrogen) atoms. The first kappa shape index (κ1) is 22.2. The normalized spacial score (nSPS) is 14.2. The smallest absolute Gasteiger partial charge is 0.254 e. The molecule has 1 saturated heterocycles. The first-order valence-electron chi connectivity index (χ1n) is 10.9. The summed E-state index contributed by atoms with van der Waals surface area (Å²) in [6, 6.07) is 21.6. The van der Waals surface area contributed by atoms with Crippen molar-refractivity contribution < 1.29 is 24.9 Å². The Morgan fingerprint density at radius 1 is 0.697 bits per heavy atom. The molecule has 0 aliphatic carbocycles. The van der Waals surface area contributed by atoms with Crippen LogP contribution in [0.4, 0.5) is 0 Å². The minimum Gasteiger partial charge on any atom is -0.504 e. The third-order valence-electron chi connectivity index (χ3n) is 5.92. The number of phenols is 3. The minimum atomic E-state index is -0.660. The molecule has 0 atom stereocenters. The maximum Gasteiger partial charge on any atom is 0.254 e. The summed E-state index contributed by atoms with van der Waals surface area (Å²) < 4.78 is 0. The minimum absolute atomic E-state index is 0.0124. The van der Waals surface area contributed by atoms with Crippen molar-refractivity contribution in [2.75, 3.05) is 26.2 Å². The van der Waals surface area contributed by atoms with E-state index in [0.29, 0.717) is 32.6 Å². The van der Waals surface area contributed by atoms with Gasteiger partial charge >= 0.3 is 0 Å². The van der Waals surface area contributed by atoms with Gasteiger partial charge in [0.15, 0.2) is 17.2 Å². The highest BCUT2D eigenvalue weighted by atomic mass is 16.3. The zero-order chi connectivity index (χ0) is 23.4. The second-order valence-electron chi connectivity index (χ2n) is 8.09. The van der Waals surface area contributed by atoms with Gasteiger partial charge in [0.25, 0.3) is 5.91 Å². The Kier molecular flexibility index (Phi) is 6.49. The van der Waals surface area contributed by atoms with Crippen LogP contribution in [0.25, 0.3) is 0 Å². The fourth-order valence-electron chi connectivity index (χ4n) is 4.20. The van der Waals surface area contributed by atoms with Crippen molar-refractivity contribution >= 4 is 11.8 Å². The Hall–Kier alpha value is -4.00. The summed E-state index contributed by atoms with van der Waals surface area (Å²) >= 11 is 0. The van der Waals surface area contributed by atoms with Crippen molar-refractivity contribution in [2.24, 2.45) is 0 Å². The maximum absolute atomic E-state index is 13.7. The molecule has 2 amide bonds. The van der Waals surface area contributed by atoms with Crippen LogP contribution in [-0.2, 0) is 4.79 Å². The number of amides is 2. The Labute approximate surface area is 192 Å². The molecule has 0 bridgehead atoms. The van der Waals surface area contributed by atoms with Crippen LogP contribution < -0.4 is 0 Å². The number of hydrogen-bond donors (Lipinski definition) is 3. The molecule has 0 spiro atoms. The van der Waals surface area contributed by atoms with Crippen LogP contribution in [0.3, 0.4) is 0 Å². The molecule has 7 heteroatoms. The van der Waals surface area contributed by atoms with Crippen molar-refractivity contribution in [2.45, 2.75) is 12.3 Å². The van der Waals surface area contributed by atoms with E-state index in [1.807, 2.05) is 60.7 Å². The number of nitrogens with zero attached hydrogens (tertiary/aromatic N) is 2. The summed E-state index contributed by atoms with van der Waals surface area (Å²) in [4.78, 5) is 30.0. The Morgan fingerprint density at radius 3 is 1.73 bits per heavy atom. The summed E-state index contributed by atoms with van der Waals surface area (Å²) in [6.45, 7) is 1.65. The molecule has 1 fully saturated rings. The van der Waals surface area contributed by atoms with Crippen molar-refractivity contribution in [3.63, 3.8) is 0 Å². The van der Waals surface area contributed by atoms with Crippen LogP contribution in [0.1, 0.15) is 33.8 Å². The number of aromatic hydroxyl groups is 3. The van der Waals surface area contributed by atoms with E-state index in [1.165, 1.54) is 0 Å². The third-order valence-corrected chi connectivity index (χ3v) is 5.92. The molecule has 0 unspecified atom stereocenters. The van der Waals surface area contributed by atoms with Gasteiger partial charge in [-0.25, -0.2) is 0 Å². The van der Waals surface area contributed by atoms with Gasteiger partial charge in [-0.3, -0.25) is 9.59 Å². The summed E-state index contributed by atoms with van der Waals surface area (Å²) in [5.74, 6) is -2.59. The zero-order valence-corrected chi connectivity index (χ0v) is 18.1. The lowest BCUT2D eigenvalue weighted by Crippen LogP contribution is -2.39. The van der Waals surface area contributed by atoms with Crippen LogP contribution in [0.5, 0.6) is 17.2 Å².